The van der Waals surface area contributed by atoms with E-state index in [1.165, 1.54) is 5.56 Å². The van der Waals surface area contributed by atoms with Gasteiger partial charge in [0.2, 0.25) is 0 Å². The van der Waals surface area contributed by atoms with Crippen LogP contribution in [0.25, 0.3) is 0 Å². The highest BCUT2D eigenvalue weighted by Crippen LogP contribution is 2.15. The first kappa shape index (κ1) is 23.2. The molecule has 3 N–H and O–H groups in total. The van der Waals surface area contributed by atoms with E-state index in [1.54, 1.807) is 12.1 Å². The molecule has 0 aliphatic carbocycles. The van der Waals surface area contributed by atoms with E-state index in [1.807, 2.05) is 37.3 Å². The topological polar surface area (TPSA) is 65.9 Å². The van der Waals surface area contributed by atoms with Crippen LogP contribution in [0.2, 0.25) is 0 Å². The van der Waals surface area contributed by atoms with Gasteiger partial charge in [-0.3, -0.25) is 0 Å². The summed E-state index contributed by atoms with van der Waals surface area (Å²) in [6.07, 6.45) is 0.997. The number of nitrogens with one attached hydrogen (secondary N) is 2. The Labute approximate surface area is 179 Å². The molecule has 2 aromatic rings. The van der Waals surface area contributed by atoms with Gasteiger partial charge in [-0.2, -0.15) is 0 Å². The second-order valence-corrected chi connectivity index (χ2v) is 6.07. The molecule has 1 unspecified atom stereocenters. The summed E-state index contributed by atoms with van der Waals surface area (Å²) in [4.78, 5) is 4.55. The summed E-state index contributed by atoms with van der Waals surface area (Å²) in [7, 11) is 0. The minimum atomic E-state index is 0. The van der Waals surface area contributed by atoms with Crippen LogP contribution >= 0.6 is 24.0 Å². The first-order valence-corrected chi connectivity index (χ1v) is 9.15. The van der Waals surface area contributed by atoms with E-state index in [0.717, 1.165) is 31.0 Å². The van der Waals surface area contributed by atoms with Gasteiger partial charge in [0.25, 0.3) is 0 Å². The first-order valence-electron chi connectivity index (χ1n) is 9.15. The van der Waals surface area contributed by atoms with Crippen molar-refractivity contribution < 1.29 is 9.84 Å². The summed E-state index contributed by atoms with van der Waals surface area (Å²) in [5.74, 6) is 1.03. The molecular weight excluding hydrogens is 453 g/mol. The number of ether oxygens (including phenoxy) is 1. The van der Waals surface area contributed by atoms with Gasteiger partial charge in [-0.1, -0.05) is 42.5 Å². The van der Waals surface area contributed by atoms with Crippen LogP contribution in [0.1, 0.15) is 37.5 Å². The number of guanidine groups is 1. The van der Waals surface area contributed by atoms with Crippen molar-refractivity contribution in [3.05, 3.63) is 65.7 Å². The molecule has 148 valence electrons. The largest absolute Gasteiger partial charge is 0.508 e. The van der Waals surface area contributed by atoms with Crippen LogP contribution in [0.5, 0.6) is 5.75 Å². The first-order chi connectivity index (χ1) is 12.7. The summed E-state index contributed by atoms with van der Waals surface area (Å²) < 4.78 is 5.88. The number of benzene rings is 2. The van der Waals surface area contributed by atoms with Gasteiger partial charge in [0.1, 0.15) is 5.75 Å². The Hall–Kier alpha value is -1.80. The maximum atomic E-state index is 9.52. The zero-order valence-electron chi connectivity index (χ0n) is 16.0. The molecule has 27 heavy (non-hydrogen) atoms. The molecule has 0 radical (unpaired) electrons. The average Bonchev–Trinajstić information content (AvgIpc) is 2.66. The van der Waals surface area contributed by atoms with Crippen LogP contribution < -0.4 is 10.6 Å². The van der Waals surface area contributed by atoms with Crippen LogP contribution in [-0.4, -0.2) is 30.8 Å². The quantitative estimate of drug-likeness (QED) is 0.216. The van der Waals surface area contributed by atoms with Crippen molar-refractivity contribution in [2.75, 3.05) is 19.7 Å². The van der Waals surface area contributed by atoms with Crippen molar-refractivity contribution in [3.8, 4) is 5.75 Å². The molecule has 0 amide bonds. The molecule has 0 aliphatic heterocycles. The molecule has 6 heteroatoms. The average molecular weight is 483 g/mol. The lowest BCUT2D eigenvalue weighted by molar-refractivity contribution is 0.0646. The number of rotatable bonds is 9. The van der Waals surface area contributed by atoms with E-state index >= 15 is 0 Å². The smallest absolute Gasteiger partial charge is 0.191 e. The molecule has 1 atom stereocenters. The second-order valence-electron chi connectivity index (χ2n) is 6.07. The van der Waals surface area contributed by atoms with Crippen molar-refractivity contribution >= 4 is 29.9 Å². The third-order valence-corrected chi connectivity index (χ3v) is 3.92. The Morgan fingerprint density at radius 2 is 1.89 bits per heavy atom. The minimum absolute atomic E-state index is 0. The van der Waals surface area contributed by atoms with Gasteiger partial charge in [0, 0.05) is 19.7 Å². The van der Waals surface area contributed by atoms with Gasteiger partial charge < -0.3 is 20.5 Å². The Bertz CT molecular complexity index is 680. The maximum absolute atomic E-state index is 9.52. The van der Waals surface area contributed by atoms with Crippen molar-refractivity contribution in [1.82, 2.24) is 10.6 Å². The molecule has 5 nitrogen and oxygen atoms in total. The fourth-order valence-electron chi connectivity index (χ4n) is 2.53. The highest BCUT2D eigenvalue weighted by molar-refractivity contribution is 14.0. The molecule has 0 aliphatic rings. The zero-order chi connectivity index (χ0) is 18.6. The van der Waals surface area contributed by atoms with E-state index in [2.05, 4.69) is 34.7 Å². The van der Waals surface area contributed by atoms with Crippen LogP contribution in [0.15, 0.2) is 59.6 Å². The van der Waals surface area contributed by atoms with Gasteiger partial charge in [-0.25, -0.2) is 4.99 Å². The maximum Gasteiger partial charge on any atom is 0.191 e. The molecule has 0 bridgehead atoms. The molecule has 0 heterocycles. The normalized spacial score (nSPS) is 12.1. The zero-order valence-corrected chi connectivity index (χ0v) is 18.4. The SMILES string of the molecule is CCNC(=NCc1cccc(O)c1)NCCCOC(C)c1ccccc1.I. The summed E-state index contributed by atoms with van der Waals surface area (Å²) in [5, 5.41) is 16.1. The van der Waals surface area contributed by atoms with E-state index < -0.39 is 0 Å². The summed E-state index contributed by atoms with van der Waals surface area (Å²) in [6.45, 7) is 6.90. The van der Waals surface area contributed by atoms with E-state index in [9.17, 15) is 5.11 Å². The van der Waals surface area contributed by atoms with Crippen molar-refractivity contribution in [2.24, 2.45) is 4.99 Å². The van der Waals surface area contributed by atoms with E-state index in [-0.39, 0.29) is 35.8 Å². The third kappa shape index (κ3) is 9.10. The van der Waals surface area contributed by atoms with Crippen molar-refractivity contribution in [3.63, 3.8) is 0 Å². The molecule has 0 aromatic heterocycles. The summed E-state index contributed by atoms with van der Waals surface area (Å²) >= 11 is 0. The lowest BCUT2D eigenvalue weighted by Crippen LogP contribution is -2.38. The number of phenolic OH excluding ortho intramolecular Hbond substituents is 1. The van der Waals surface area contributed by atoms with Crippen LogP contribution in [0.4, 0.5) is 0 Å². The molecule has 0 saturated carbocycles. The van der Waals surface area contributed by atoms with Crippen LogP contribution in [0.3, 0.4) is 0 Å². The monoisotopic (exact) mass is 483 g/mol. The van der Waals surface area contributed by atoms with Crippen LogP contribution in [0, 0.1) is 0 Å². The third-order valence-electron chi connectivity index (χ3n) is 3.92. The predicted octanol–water partition coefficient (Wildman–Crippen LogP) is 4.23. The van der Waals surface area contributed by atoms with E-state index in [0.29, 0.717) is 13.2 Å². The fraction of sp³-hybridized carbons (Fsp3) is 0.381. The Morgan fingerprint density at radius 3 is 2.59 bits per heavy atom. The number of aromatic hydroxyl groups is 1. The fourth-order valence-corrected chi connectivity index (χ4v) is 2.53. The predicted molar refractivity (Wildman–Crippen MR) is 122 cm³/mol. The van der Waals surface area contributed by atoms with Gasteiger partial charge in [-0.05, 0) is 43.5 Å². The molecule has 0 spiro atoms. The molecular formula is C21H30IN3O2. The number of hydrogen-bond acceptors (Lipinski definition) is 3. The van der Waals surface area contributed by atoms with Crippen LogP contribution in [-0.2, 0) is 11.3 Å². The lowest BCUT2D eigenvalue weighted by Gasteiger charge is -2.14. The van der Waals surface area contributed by atoms with Crippen molar-refractivity contribution in [1.29, 1.82) is 0 Å². The highest BCUT2D eigenvalue weighted by atomic mass is 127. The molecule has 2 aromatic carbocycles. The van der Waals surface area contributed by atoms with Crippen molar-refractivity contribution in [2.45, 2.75) is 32.9 Å². The van der Waals surface area contributed by atoms with Gasteiger partial charge in [0.05, 0.1) is 12.6 Å². The van der Waals surface area contributed by atoms with Gasteiger partial charge in [-0.15, -0.1) is 24.0 Å². The number of nitrogens with zero attached hydrogens (tertiary/aromatic N) is 1. The Balaban J connectivity index is 0.00000364. The summed E-state index contributed by atoms with van der Waals surface area (Å²) in [6, 6.07) is 17.4. The standard InChI is InChI=1S/C21H29N3O2.HI/c1-3-22-21(24-16-18-9-7-12-20(25)15-18)23-13-8-14-26-17(2)19-10-5-4-6-11-19;/h4-7,9-12,15,17,25H,3,8,13-14,16H2,1-2H3,(H2,22,23,24);1H. The van der Waals surface area contributed by atoms with Gasteiger partial charge >= 0.3 is 0 Å². The Kier molecular flexibility index (Phi) is 11.5. The van der Waals surface area contributed by atoms with Gasteiger partial charge in [0.15, 0.2) is 5.96 Å². The highest BCUT2D eigenvalue weighted by Gasteiger charge is 2.04. The molecule has 0 saturated heterocycles. The number of hydrogen-bond donors (Lipinski definition) is 3. The minimum Gasteiger partial charge on any atom is -0.508 e. The Morgan fingerprint density at radius 1 is 1.11 bits per heavy atom. The lowest BCUT2D eigenvalue weighted by atomic mass is 10.1. The number of aliphatic imine (C=N–C) groups is 1. The number of halogens is 1. The summed E-state index contributed by atoms with van der Waals surface area (Å²) in [5.41, 5.74) is 2.17. The second kappa shape index (κ2) is 13.4. The molecule has 2 rings (SSSR count). The van der Waals surface area contributed by atoms with E-state index in [4.69, 9.17) is 4.74 Å². The number of phenols is 1. The molecule has 0 fully saturated rings.